The van der Waals surface area contributed by atoms with Gasteiger partial charge in [0.05, 0.1) is 6.61 Å². The summed E-state index contributed by atoms with van der Waals surface area (Å²) in [6.07, 6.45) is 3.37. The van der Waals surface area contributed by atoms with E-state index in [-0.39, 0.29) is 0 Å². The van der Waals surface area contributed by atoms with Crippen LogP contribution in [0.25, 0.3) is 0 Å². The third-order valence-corrected chi connectivity index (χ3v) is 1.64. The van der Waals surface area contributed by atoms with Crippen LogP contribution < -0.4 is 0 Å². The lowest BCUT2D eigenvalue weighted by Crippen LogP contribution is -2.22. The second-order valence-electron chi connectivity index (χ2n) is 3.89. The van der Waals surface area contributed by atoms with E-state index in [4.69, 9.17) is 4.74 Å². The standard InChI is InChI=1S/C12H21N3O2/c1-7-17-12(16)11(9-14(5)6)15(13-4)8-10(2)3/h8-9H,4,7H2,1-3,5-6H3/b11-9+. The summed E-state index contributed by atoms with van der Waals surface area (Å²) in [4.78, 5) is 13.5. The van der Waals surface area contributed by atoms with Gasteiger partial charge in [-0.05, 0) is 20.8 Å². The quantitative estimate of drug-likeness (QED) is 0.307. The number of rotatable bonds is 6. The van der Waals surface area contributed by atoms with E-state index >= 15 is 0 Å². The molecular weight excluding hydrogens is 218 g/mol. The number of ether oxygens (including phenoxy) is 1. The van der Waals surface area contributed by atoms with E-state index in [1.807, 2.05) is 27.9 Å². The number of carbonyl (C=O) groups excluding carboxylic acids is 1. The number of allylic oxidation sites excluding steroid dienone is 1. The molecule has 0 N–H and O–H groups in total. The van der Waals surface area contributed by atoms with Crippen LogP contribution in [0.3, 0.4) is 0 Å². The van der Waals surface area contributed by atoms with Crippen LogP contribution in [0.4, 0.5) is 0 Å². The monoisotopic (exact) mass is 239 g/mol. The molecule has 0 saturated carbocycles. The van der Waals surface area contributed by atoms with Crippen molar-refractivity contribution >= 4 is 12.7 Å². The van der Waals surface area contributed by atoms with Crippen molar-refractivity contribution < 1.29 is 9.53 Å². The lowest BCUT2D eigenvalue weighted by molar-refractivity contribution is -0.140. The molecule has 0 rings (SSSR count). The fourth-order valence-corrected chi connectivity index (χ4v) is 1.09. The average molecular weight is 239 g/mol. The van der Waals surface area contributed by atoms with Gasteiger partial charge in [-0.2, -0.15) is 5.10 Å². The van der Waals surface area contributed by atoms with E-state index in [2.05, 4.69) is 11.8 Å². The number of nitrogens with zero attached hydrogens (tertiary/aromatic N) is 3. The highest BCUT2D eigenvalue weighted by Crippen LogP contribution is 2.11. The van der Waals surface area contributed by atoms with Gasteiger partial charge in [-0.3, -0.25) is 0 Å². The van der Waals surface area contributed by atoms with Gasteiger partial charge >= 0.3 is 5.97 Å². The van der Waals surface area contributed by atoms with Crippen molar-refractivity contribution in [3.05, 3.63) is 23.7 Å². The molecular formula is C12H21N3O2. The molecule has 17 heavy (non-hydrogen) atoms. The van der Waals surface area contributed by atoms with Gasteiger partial charge in [0.2, 0.25) is 0 Å². The molecule has 0 aliphatic rings. The van der Waals surface area contributed by atoms with Gasteiger partial charge in [-0.15, -0.1) is 0 Å². The summed E-state index contributed by atoms with van der Waals surface area (Å²) in [6, 6.07) is 0. The molecule has 0 fully saturated rings. The van der Waals surface area contributed by atoms with Gasteiger partial charge in [0.1, 0.15) is 0 Å². The predicted octanol–water partition coefficient (Wildman–Crippen LogP) is 1.79. The molecule has 0 bridgehead atoms. The number of hydrogen-bond acceptors (Lipinski definition) is 5. The Hall–Kier alpha value is -1.78. The minimum atomic E-state index is -0.425. The van der Waals surface area contributed by atoms with Gasteiger partial charge in [-0.1, -0.05) is 5.57 Å². The zero-order valence-corrected chi connectivity index (χ0v) is 11.2. The average Bonchev–Trinajstić information content (AvgIpc) is 2.22. The molecule has 0 saturated heterocycles. The predicted molar refractivity (Wildman–Crippen MR) is 69.2 cm³/mol. The van der Waals surface area contributed by atoms with E-state index < -0.39 is 5.97 Å². The highest BCUT2D eigenvalue weighted by atomic mass is 16.5. The van der Waals surface area contributed by atoms with Crippen molar-refractivity contribution in [3.8, 4) is 0 Å². The normalized spacial score (nSPS) is 10.5. The maximum Gasteiger partial charge on any atom is 0.358 e. The Morgan fingerprint density at radius 2 is 1.94 bits per heavy atom. The summed E-state index contributed by atoms with van der Waals surface area (Å²) in [6.45, 7) is 9.36. The van der Waals surface area contributed by atoms with Crippen molar-refractivity contribution in [2.45, 2.75) is 20.8 Å². The summed E-state index contributed by atoms with van der Waals surface area (Å²) in [7, 11) is 3.64. The number of hydrazone groups is 1. The molecule has 0 radical (unpaired) electrons. The topological polar surface area (TPSA) is 45.1 Å². The highest BCUT2D eigenvalue weighted by Gasteiger charge is 2.17. The second kappa shape index (κ2) is 7.49. The largest absolute Gasteiger partial charge is 0.461 e. The molecule has 96 valence electrons. The molecule has 0 aromatic rings. The number of esters is 1. The highest BCUT2D eigenvalue weighted by molar-refractivity contribution is 5.87. The Morgan fingerprint density at radius 1 is 1.35 bits per heavy atom. The van der Waals surface area contributed by atoms with Crippen LogP contribution >= 0.6 is 0 Å². The van der Waals surface area contributed by atoms with Crippen LogP contribution in [-0.2, 0) is 9.53 Å². The molecule has 0 aromatic heterocycles. The summed E-state index contributed by atoms with van der Waals surface area (Å²) >= 11 is 0. The summed E-state index contributed by atoms with van der Waals surface area (Å²) in [5.74, 6) is -0.425. The maximum atomic E-state index is 11.8. The van der Waals surface area contributed by atoms with Crippen molar-refractivity contribution in [2.75, 3.05) is 20.7 Å². The third-order valence-electron chi connectivity index (χ3n) is 1.64. The molecule has 0 spiro atoms. The first-order chi connectivity index (χ1) is 7.92. The lowest BCUT2D eigenvalue weighted by atomic mass is 10.3. The van der Waals surface area contributed by atoms with Crippen LogP contribution in [0.15, 0.2) is 28.8 Å². The molecule has 0 aliphatic heterocycles. The van der Waals surface area contributed by atoms with Gasteiger partial charge in [0, 0.05) is 33.2 Å². The first kappa shape index (κ1) is 15.2. The van der Waals surface area contributed by atoms with Gasteiger partial charge in [0.15, 0.2) is 5.70 Å². The van der Waals surface area contributed by atoms with Crippen LogP contribution in [-0.4, -0.2) is 43.3 Å². The lowest BCUT2D eigenvalue weighted by Gasteiger charge is -2.19. The number of hydrogen-bond donors (Lipinski definition) is 0. The van der Waals surface area contributed by atoms with Crippen molar-refractivity contribution in [2.24, 2.45) is 5.10 Å². The molecule has 0 unspecified atom stereocenters. The van der Waals surface area contributed by atoms with Crippen molar-refractivity contribution in [3.63, 3.8) is 0 Å². The fraction of sp³-hybridized carbons (Fsp3) is 0.500. The molecule has 0 heterocycles. The first-order valence-electron chi connectivity index (χ1n) is 5.38. The summed E-state index contributed by atoms with van der Waals surface area (Å²) in [5.41, 5.74) is 1.33. The Morgan fingerprint density at radius 3 is 2.29 bits per heavy atom. The molecule has 0 aliphatic carbocycles. The molecule has 5 nitrogen and oxygen atoms in total. The number of carbonyl (C=O) groups is 1. The first-order valence-corrected chi connectivity index (χ1v) is 5.38. The fourth-order valence-electron chi connectivity index (χ4n) is 1.09. The van der Waals surface area contributed by atoms with Crippen LogP contribution in [0.2, 0.25) is 0 Å². The van der Waals surface area contributed by atoms with E-state index in [0.717, 1.165) is 5.57 Å². The van der Waals surface area contributed by atoms with Gasteiger partial charge in [0.25, 0.3) is 0 Å². The Bertz CT molecular complexity index is 329. The minimum Gasteiger partial charge on any atom is -0.461 e. The second-order valence-corrected chi connectivity index (χ2v) is 3.89. The van der Waals surface area contributed by atoms with Crippen molar-refractivity contribution in [1.82, 2.24) is 9.91 Å². The van der Waals surface area contributed by atoms with E-state index in [1.165, 1.54) is 5.01 Å². The van der Waals surface area contributed by atoms with Crippen LogP contribution in [0, 0.1) is 0 Å². The smallest absolute Gasteiger partial charge is 0.358 e. The molecule has 0 atom stereocenters. The van der Waals surface area contributed by atoms with E-state index in [1.54, 1.807) is 24.2 Å². The molecule has 5 heteroatoms. The Kier molecular flexibility index (Phi) is 6.70. The van der Waals surface area contributed by atoms with Crippen LogP contribution in [0.1, 0.15) is 20.8 Å². The van der Waals surface area contributed by atoms with Gasteiger partial charge in [-0.25, -0.2) is 9.80 Å². The summed E-state index contributed by atoms with van der Waals surface area (Å²) in [5, 5.41) is 5.21. The minimum absolute atomic E-state index is 0.323. The van der Waals surface area contributed by atoms with E-state index in [9.17, 15) is 4.79 Å². The molecule has 0 aromatic carbocycles. The zero-order valence-electron chi connectivity index (χ0n) is 11.2. The van der Waals surface area contributed by atoms with Crippen molar-refractivity contribution in [1.29, 1.82) is 0 Å². The SMILES string of the molecule is C=NN(C=C(C)C)/C(=C/N(C)C)C(=O)OCC. The van der Waals surface area contributed by atoms with Crippen LogP contribution in [0.5, 0.6) is 0 Å². The Labute approximate surface area is 103 Å². The van der Waals surface area contributed by atoms with Gasteiger partial charge < -0.3 is 9.64 Å². The molecule has 0 amide bonds. The van der Waals surface area contributed by atoms with E-state index in [0.29, 0.717) is 12.3 Å². The third kappa shape index (κ3) is 5.75. The Balaban J connectivity index is 5.22. The maximum absolute atomic E-state index is 11.8. The summed E-state index contributed by atoms with van der Waals surface area (Å²) < 4.78 is 4.98. The zero-order chi connectivity index (χ0) is 13.4.